The fourth-order valence-electron chi connectivity index (χ4n) is 1.36. The molecule has 1 unspecified atom stereocenters. The van der Waals surface area contributed by atoms with Gasteiger partial charge in [0.15, 0.2) is 17.7 Å². The smallest absolute Gasteiger partial charge is 0.339 e. The number of ether oxygens (including phenoxy) is 2. The Morgan fingerprint density at radius 3 is 2.59 bits per heavy atom. The first kappa shape index (κ1) is 13.5. The third kappa shape index (κ3) is 2.98. The highest BCUT2D eigenvalue weighted by atomic mass is 19.2. The summed E-state index contributed by atoms with van der Waals surface area (Å²) in [4.78, 5) is 11.1. The number of esters is 1. The molecule has 0 saturated carbocycles. The van der Waals surface area contributed by atoms with E-state index in [9.17, 15) is 18.7 Å². The summed E-state index contributed by atoms with van der Waals surface area (Å²) >= 11 is 0. The van der Waals surface area contributed by atoms with Gasteiger partial charge in [0.2, 0.25) is 0 Å². The molecule has 0 amide bonds. The number of rotatable bonds is 4. The summed E-state index contributed by atoms with van der Waals surface area (Å²) in [7, 11) is 2.43. The Kier molecular flexibility index (Phi) is 4.53. The Labute approximate surface area is 96.8 Å². The van der Waals surface area contributed by atoms with Gasteiger partial charge in [0, 0.05) is 12.7 Å². The molecule has 4 nitrogen and oxygen atoms in total. The van der Waals surface area contributed by atoms with Crippen molar-refractivity contribution in [1.82, 2.24) is 0 Å². The summed E-state index contributed by atoms with van der Waals surface area (Å²) in [6.45, 7) is 0.0398. The Balaban J connectivity index is 3.17. The van der Waals surface area contributed by atoms with Crippen LogP contribution in [0.3, 0.4) is 0 Å². The van der Waals surface area contributed by atoms with Crippen LogP contribution >= 0.6 is 0 Å². The molecule has 6 heteroatoms. The maximum absolute atomic E-state index is 13.4. The van der Waals surface area contributed by atoms with E-state index >= 15 is 0 Å². The van der Waals surface area contributed by atoms with E-state index in [2.05, 4.69) is 4.74 Å². The second-order valence-electron chi connectivity index (χ2n) is 3.34. The van der Waals surface area contributed by atoms with E-state index in [1.165, 1.54) is 7.11 Å². The summed E-state index contributed by atoms with van der Waals surface area (Å²) in [6.07, 6.45) is -1.86. The fourth-order valence-corrected chi connectivity index (χ4v) is 1.36. The van der Waals surface area contributed by atoms with E-state index in [0.29, 0.717) is 5.56 Å². The molecule has 0 aliphatic rings. The molecular weight excluding hydrogens is 234 g/mol. The van der Waals surface area contributed by atoms with Gasteiger partial charge in [-0.15, -0.1) is 0 Å². The van der Waals surface area contributed by atoms with Gasteiger partial charge < -0.3 is 14.6 Å². The minimum Gasteiger partial charge on any atom is -0.467 e. The van der Waals surface area contributed by atoms with Crippen molar-refractivity contribution in [2.75, 3.05) is 14.2 Å². The summed E-state index contributed by atoms with van der Waals surface area (Å²) in [5, 5.41) is 9.46. The van der Waals surface area contributed by atoms with E-state index in [4.69, 9.17) is 4.74 Å². The SMILES string of the molecule is COCc1cc(F)c(F)c(C(O)C(=O)OC)c1. The molecule has 1 aromatic carbocycles. The molecule has 0 heterocycles. The van der Waals surface area contributed by atoms with Crippen LogP contribution in [-0.2, 0) is 20.9 Å². The average Bonchev–Trinajstić information content (AvgIpc) is 2.32. The lowest BCUT2D eigenvalue weighted by Crippen LogP contribution is -2.16. The molecule has 1 atom stereocenters. The summed E-state index contributed by atoms with van der Waals surface area (Å²) in [5.41, 5.74) is -0.159. The van der Waals surface area contributed by atoms with Crippen molar-refractivity contribution in [2.45, 2.75) is 12.7 Å². The molecule has 17 heavy (non-hydrogen) atoms. The number of halogens is 2. The molecule has 1 N–H and O–H groups in total. The first-order chi connectivity index (χ1) is 8.01. The number of hydrogen-bond acceptors (Lipinski definition) is 4. The highest BCUT2D eigenvalue weighted by Crippen LogP contribution is 2.22. The van der Waals surface area contributed by atoms with Crippen LogP contribution < -0.4 is 0 Å². The van der Waals surface area contributed by atoms with E-state index in [1.807, 2.05) is 0 Å². The number of aliphatic hydroxyl groups is 1. The molecule has 0 radical (unpaired) electrons. The average molecular weight is 246 g/mol. The van der Waals surface area contributed by atoms with Crippen molar-refractivity contribution in [3.05, 3.63) is 34.9 Å². The second-order valence-corrected chi connectivity index (χ2v) is 3.34. The second kappa shape index (κ2) is 5.70. The van der Waals surface area contributed by atoms with Crippen LogP contribution in [0.1, 0.15) is 17.2 Å². The Hall–Kier alpha value is -1.53. The Bertz CT molecular complexity index is 420. The number of carbonyl (C=O) groups is 1. The van der Waals surface area contributed by atoms with Gasteiger partial charge in [0.1, 0.15) is 0 Å². The van der Waals surface area contributed by atoms with Gasteiger partial charge in [0.25, 0.3) is 0 Å². The monoisotopic (exact) mass is 246 g/mol. The van der Waals surface area contributed by atoms with Crippen molar-refractivity contribution in [3.8, 4) is 0 Å². The highest BCUT2D eigenvalue weighted by molar-refractivity contribution is 5.76. The van der Waals surface area contributed by atoms with Crippen molar-refractivity contribution < 1.29 is 28.2 Å². The summed E-state index contributed by atoms with van der Waals surface area (Å²) in [5.74, 6) is -3.49. The number of methoxy groups -OCH3 is 2. The third-order valence-corrected chi connectivity index (χ3v) is 2.15. The van der Waals surface area contributed by atoms with Gasteiger partial charge in [-0.2, -0.15) is 0 Å². The first-order valence-electron chi connectivity index (χ1n) is 4.74. The van der Waals surface area contributed by atoms with Crippen LogP contribution in [0.15, 0.2) is 12.1 Å². The topological polar surface area (TPSA) is 55.8 Å². The van der Waals surface area contributed by atoms with E-state index < -0.39 is 29.3 Å². The van der Waals surface area contributed by atoms with Gasteiger partial charge in [-0.05, 0) is 17.7 Å². The number of carbonyl (C=O) groups excluding carboxylic acids is 1. The van der Waals surface area contributed by atoms with Gasteiger partial charge in [-0.25, -0.2) is 13.6 Å². The minimum atomic E-state index is -1.86. The van der Waals surface area contributed by atoms with Gasteiger partial charge in [-0.3, -0.25) is 0 Å². The maximum atomic E-state index is 13.4. The first-order valence-corrected chi connectivity index (χ1v) is 4.74. The summed E-state index contributed by atoms with van der Waals surface area (Å²) in [6, 6.07) is 2.09. The van der Waals surface area contributed by atoms with Crippen LogP contribution in [0.5, 0.6) is 0 Å². The van der Waals surface area contributed by atoms with Crippen molar-refractivity contribution >= 4 is 5.97 Å². The lowest BCUT2D eigenvalue weighted by molar-refractivity contribution is -0.150. The standard InChI is InChI=1S/C11H12F2O4/c1-16-5-6-3-7(9(13)8(12)4-6)10(14)11(15)17-2/h3-4,10,14H,5H2,1-2H3. The molecule has 0 fully saturated rings. The minimum absolute atomic E-state index is 0.0398. The quantitative estimate of drug-likeness (QED) is 0.814. The molecular formula is C11H12F2O4. The van der Waals surface area contributed by atoms with Gasteiger partial charge in [-0.1, -0.05) is 0 Å². The Morgan fingerprint density at radius 2 is 2.06 bits per heavy atom. The molecule has 0 aromatic heterocycles. The molecule has 94 valence electrons. The van der Waals surface area contributed by atoms with Crippen LogP contribution in [-0.4, -0.2) is 25.3 Å². The van der Waals surface area contributed by atoms with Crippen molar-refractivity contribution in [1.29, 1.82) is 0 Å². The predicted octanol–water partition coefficient (Wildman–Crippen LogP) is 1.32. The third-order valence-electron chi connectivity index (χ3n) is 2.15. The van der Waals surface area contributed by atoms with Crippen molar-refractivity contribution in [3.63, 3.8) is 0 Å². The van der Waals surface area contributed by atoms with Gasteiger partial charge >= 0.3 is 5.97 Å². The van der Waals surface area contributed by atoms with E-state index in [-0.39, 0.29) is 6.61 Å². The molecule has 0 aliphatic heterocycles. The molecule has 1 aromatic rings. The zero-order chi connectivity index (χ0) is 13.0. The fraction of sp³-hybridized carbons (Fsp3) is 0.364. The molecule has 0 aliphatic carbocycles. The lowest BCUT2D eigenvalue weighted by Gasteiger charge is -2.12. The van der Waals surface area contributed by atoms with E-state index in [1.54, 1.807) is 0 Å². The van der Waals surface area contributed by atoms with Gasteiger partial charge in [0.05, 0.1) is 13.7 Å². The highest BCUT2D eigenvalue weighted by Gasteiger charge is 2.24. The zero-order valence-electron chi connectivity index (χ0n) is 9.37. The molecule has 0 saturated heterocycles. The molecule has 0 spiro atoms. The predicted molar refractivity (Wildman–Crippen MR) is 54.0 cm³/mol. The van der Waals surface area contributed by atoms with E-state index in [0.717, 1.165) is 19.2 Å². The Morgan fingerprint density at radius 1 is 1.41 bits per heavy atom. The molecule has 0 bridgehead atoms. The van der Waals surface area contributed by atoms with Crippen LogP contribution in [0.25, 0.3) is 0 Å². The van der Waals surface area contributed by atoms with Crippen LogP contribution in [0.2, 0.25) is 0 Å². The zero-order valence-corrected chi connectivity index (χ0v) is 9.37. The summed E-state index contributed by atoms with van der Waals surface area (Å²) < 4.78 is 35.6. The number of hydrogen-bond donors (Lipinski definition) is 1. The lowest BCUT2D eigenvalue weighted by atomic mass is 10.0. The van der Waals surface area contributed by atoms with Crippen molar-refractivity contribution in [2.24, 2.45) is 0 Å². The maximum Gasteiger partial charge on any atom is 0.339 e. The molecule has 1 rings (SSSR count). The largest absolute Gasteiger partial charge is 0.467 e. The normalized spacial score (nSPS) is 12.3. The van der Waals surface area contributed by atoms with Crippen LogP contribution in [0, 0.1) is 11.6 Å². The number of aliphatic hydroxyl groups excluding tert-OH is 1. The van der Waals surface area contributed by atoms with Crippen LogP contribution in [0.4, 0.5) is 8.78 Å². The number of benzene rings is 1.